The van der Waals surface area contributed by atoms with E-state index in [4.69, 9.17) is 0 Å². The molecule has 0 radical (unpaired) electrons. The van der Waals surface area contributed by atoms with Crippen LogP contribution in [0.4, 0.5) is 0 Å². The van der Waals surface area contributed by atoms with Crippen LogP contribution in [-0.2, 0) is 6.54 Å². The van der Waals surface area contributed by atoms with Gasteiger partial charge in [-0.1, -0.05) is 11.6 Å². The lowest BCUT2D eigenvalue weighted by Crippen LogP contribution is -2.25. The van der Waals surface area contributed by atoms with Gasteiger partial charge in [0.25, 0.3) is 5.91 Å². The second kappa shape index (κ2) is 4.30. The normalized spacial score (nSPS) is 13.8. The Morgan fingerprint density at radius 3 is 2.80 bits per heavy atom. The predicted molar refractivity (Wildman–Crippen MR) is 74.1 cm³/mol. The van der Waals surface area contributed by atoms with Crippen molar-refractivity contribution in [2.75, 3.05) is 7.05 Å². The van der Waals surface area contributed by atoms with Gasteiger partial charge in [-0.2, -0.15) is 0 Å². The van der Waals surface area contributed by atoms with Gasteiger partial charge in [0.2, 0.25) is 0 Å². The van der Waals surface area contributed by atoms with Crippen molar-refractivity contribution < 1.29 is 9.59 Å². The molecule has 5 nitrogen and oxygen atoms in total. The van der Waals surface area contributed by atoms with Crippen LogP contribution in [0.1, 0.15) is 39.0 Å². The molecule has 1 aliphatic heterocycles. The zero-order valence-electron chi connectivity index (χ0n) is 11.7. The Morgan fingerprint density at radius 2 is 2.10 bits per heavy atom. The number of aryl methyl sites for hydroxylation is 1. The van der Waals surface area contributed by atoms with Crippen LogP contribution in [0.15, 0.2) is 24.5 Å². The van der Waals surface area contributed by atoms with Crippen molar-refractivity contribution in [2.24, 2.45) is 0 Å². The number of amides is 1. The molecule has 0 atom stereocenters. The number of fused-ring (bicyclic) bond motifs is 3. The van der Waals surface area contributed by atoms with Crippen molar-refractivity contribution in [1.82, 2.24) is 14.5 Å². The van der Waals surface area contributed by atoms with E-state index in [1.165, 1.54) is 6.92 Å². The Morgan fingerprint density at radius 1 is 1.35 bits per heavy atom. The molecule has 0 saturated heterocycles. The molecule has 2 aromatic rings. The highest BCUT2D eigenvalue weighted by atomic mass is 16.2. The first kappa shape index (κ1) is 12.6. The number of ketones is 1. The molecule has 102 valence electrons. The number of carbonyl (C=O) groups is 2. The van der Waals surface area contributed by atoms with E-state index < -0.39 is 0 Å². The van der Waals surface area contributed by atoms with Crippen molar-refractivity contribution in [2.45, 2.75) is 20.4 Å². The van der Waals surface area contributed by atoms with Gasteiger partial charge in [0.05, 0.1) is 23.5 Å². The van der Waals surface area contributed by atoms with Crippen molar-refractivity contribution in [3.8, 4) is 5.69 Å². The number of rotatable bonds is 1. The average molecular weight is 269 g/mol. The molecular weight excluding hydrogens is 254 g/mol. The quantitative estimate of drug-likeness (QED) is 0.744. The molecule has 5 heteroatoms. The minimum atomic E-state index is -0.0878. The SMILES string of the molecule is CC(=O)c1ncn2c1CN(C)C(=O)c1cc(C)ccc1-2. The minimum Gasteiger partial charge on any atom is -0.336 e. The summed E-state index contributed by atoms with van der Waals surface area (Å²) in [6.45, 7) is 3.82. The van der Waals surface area contributed by atoms with E-state index in [1.807, 2.05) is 29.7 Å². The fourth-order valence-corrected chi connectivity index (χ4v) is 2.56. The number of hydrogen-bond acceptors (Lipinski definition) is 3. The maximum Gasteiger partial charge on any atom is 0.256 e. The summed E-state index contributed by atoms with van der Waals surface area (Å²) in [5.74, 6) is -0.128. The molecule has 0 fully saturated rings. The van der Waals surface area contributed by atoms with Crippen molar-refractivity contribution in [1.29, 1.82) is 0 Å². The van der Waals surface area contributed by atoms with Gasteiger partial charge < -0.3 is 4.90 Å². The second-order valence-corrected chi connectivity index (χ2v) is 5.15. The number of Topliss-reactive ketones (excluding diaryl/α,β-unsaturated/α-hetero) is 1. The standard InChI is InChI=1S/C15H15N3O2/c1-9-4-5-12-11(6-9)15(20)17(3)7-13-14(10(2)19)16-8-18(12)13/h4-6,8H,7H2,1-3H3. The van der Waals surface area contributed by atoms with E-state index >= 15 is 0 Å². The Hall–Kier alpha value is -2.43. The zero-order chi connectivity index (χ0) is 14.4. The summed E-state index contributed by atoms with van der Waals surface area (Å²) in [7, 11) is 1.74. The molecule has 1 aliphatic rings. The highest BCUT2D eigenvalue weighted by Crippen LogP contribution is 2.26. The fraction of sp³-hybridized carbons (Fsp3) is 0.267. The first-order chi connectivity index (χ1) is 9.49. The van der Waals surface area contributed by atoms with Crippen molar-refractivity contribution >= 4 is 11.7 Å². The Kier molecular flexibility index (Phi) is 2.71. The summed E-state index contributed by atoms with van der Waals surface area (Å²) in [4.78, 5) is 29.9. The van der Waals surface area contributed by atoms with Gasteiger partial charge in [-0.25, -0.2) is 4.98 Å². The van der Waals surface area contributed by atoms with E-state index in [9.17, 15) is 9.59 Å². The van der Waals surface area contributed by atoms with Crippen LogP contribution < -0.4 is 0 Å². The summed E-state index contributed by atoms with van der Waals surface area (Å²) < 4.78 is 1.84. The summed E-state index contributed by atoms with van der Waals surface area (Å²) in [6.07, 6.45) is 1.62. The molecule has 0 aliphatic carbocycles. The lowest BCUT2D eigenvalue weighted by Gasteiger charge is -2.14. The lowest BCUT2D eigenvalue weighted by atomic mass is 10.1. The van der Waals surface area contributed by atoms with Crippen molar-refractivity contribution in [3.05, 3.63) is 47.0 Å². The summed E-state index contributed by atoms with van der Waals surface area (Å²) >= 11 is 0. The average Bonchev–Trinajstić information content (AvgIpc) is 2.77. The third-order valence-corrected chi connectivity index (χ3v) is 3.58. The molecule has 0 bridgehead atoms. The van der Waals surface area contributed by atoms with Crippen LogP contribution in [0.2, 0.25) is 0 Å². The third kappa shape index (κ3) is 1.74. The molecule has 0 spiro atoms. The molecule has 1 amide bonds. The van der Waals surface area contributed by atoms with Crippen LogP contribution in [0, 0.1) is 6.92 Å². The molecular formula is C15H15N3O2. The molecule has 3 rings (SSSR count). The molecule has 0 unspecified atom stereocenters. The van der Waals surface area contributed by atoms with Gasteiger partial charge in [0.15, 0.2) is 5.78 Å². The highest BCUT2D eigenvalue weighted by molar-refractivity contribution is 5.99. The summed E-state index contributed by atoms with van der Waals surface area (Å²) in [5, 5.41) is 0. The number of aromatic nitrogens is 2. The van der Waals surface area contributed by atoms with E-state index in [1.54, 1.807) is 18.3 Å². The predicted octanol–water partition coefficient (Wildman–Crippen LogP) is 1.97. The topological polar surface area (TPSA) is 55.2 Å². The lowest BCUT2D eigenvalue weighted by molar-refractivity contribution is 0.0785. The molecule has 0 saturated carbocycles. The van der Waals surface area contributed by atoms with Gasteiger partial charge in [-0.3, -0.25) is 14.2 Å². The Labute approximate surface area is 116 Å². The van der Waals surface area contributed by atoms with Gasteiger partial charge in [0, 0.05) is 14.0 Å². The molecule has 20 heavy (non-hydrogen) atoms. The van der Waals surface area contributed by atoms with E-state index in [2.05, 4.69) is 4.98 Å². The first-order valence-electron chi connectivity index (χ1n) is 6.42. The first-order valence-corrected chi connectivity index (χ1v) is 6.42. The van der Waals surface area contributed by atoms with Crippen LogP contribution in [0.25, 0.3) is 5.69 Å². The van der Waals surface area contributed by atoms with Crippen LogP contribution in [-0.4, -0.2) is 33.2 Å². The molecule has 1 aromatic heterocycles. The van der Waals surface area contributed by atoms with E-state index in [-0.39, 0.29) is 11.7 Å². The molecule has 2 heterocycles. The van der Waals surface area contributed by atoms with E-state index in [0.29, 0.717) is 17.8 Å². The maximum absolute atomic E-state index is 12.4. The third-order valence-electron chi connectivity index (χ3n) is 3.58. The molecule has 0 N–H and O–H groups in total. The van der Waals surface area contributed by atoms with Crippen LogP contribution in [0.5, 0.6) is 0 Å². The minimum absolute atomic E-state index is 0.0399. The van der Waals surface area contributed by atoms with Gasteiger partial charge in [-0.15, -0.1) is 0 Å². The monoisotopic (exact) mass is 269 g/mol. The highest BCUT2D eigenvalue weighted by Gasteiger charge is 2.27. The second-order valence-electron chi connectivity index (χ2n) is 5.15. The van der Waals surface area contributed by atoms with E-state index in [0.717, 1.165) is 16.9 Å². The van der Waals surface area contributed by atoms with Gasteiger partial charge in [-0.05, 0) is 19.1 Å². The number of hydrogen-bond donors (Lipinski definition) is 0. The number of benzene rings is 1. The Bertz CT molecular complexity index is 731. The molecule has 1 aromatic carbocycles. The summed E-state index contributed by atoms with van der Waals surface area (Å²) in [6, 6.07) is 5.72. The van der Waals surface area contributed by atoms with Crippen LogP contribution >= 0.6 is 0 Å². The fourth-order valence-electron chi connectivity index (χ4n) is 2.56. The Balaban J connectivity index is 2.31. The smallest absolute Gasteiger partial charge is 0.256 e. The number of nitrogens with zero attached hydrogens (tertiary/aromatic N) is 3. The summed E-state index contributed by atoms with van der Waals surface area (Å²) in [5.41, 5.74) is 3.63. The van der Waals surface area contributed by atoms with Crippen molar-refractivity contribution in [3.63, 3.8) is 0 Å². The zero-order valence-corrected chi connectivity index (χ0v) is 11.7. The number of imidazole rings is 1. The number of carbonyl (C=O) groups excluding carboxylic acids is 2. The van der Waals surface area contributed by atoms with Gasteiger partial charge >= 0.3 is 0 Å². The maximum atomic E-state index is 12.4. The van der Waals surface area contributed by atoms with Crippen LogP contribution in [0.3, 0.4) is 0 Å². The largest absolute Gasteiger partial charge is 0.336 e. The van der Waals surface area contributed by atoms with Gasteiger partial charge in [0.1, 0.15) is 12.0 Å².